The summed E-state index contributed by atoms with van der Waals surface area (Å²) >= 11 is 3.35. The zero-order valence-electron chi connectivity index (χ0n) is 15.4. The summed E-state index contributed by atoms with van der Waals surface area (Å²) in [5.74, 6) is -0.284. The molecule has 1 atom stereocenters. The van der Waals surface area contributed by atoms with Crippen LogP contribution in [0.25, 0.3) is 10.9 Å². The first kappa shape index (κ1) is 19.9. The Morgan fingerprint density at radius 2 is 1.89 bits per heavy atom. The number of carbonyl (C=O) groups is 2. The number of amides is 1. The summed E-state index contributed by atoms with van der Waals surface area (Å²) in [4.78, 5) is 27.9. The van der Waals surface area contributed by atoms with E-state index < -0.39 is 12.0 Å². The Labute approximate surface area is 171 Å². The van der Waals surface area contributed by atoms with Crippen LogP contribution in [-0.4, -0.2) is 36.1 Å². The molecule has 3 aromatic rings. The molecule has 0 saturated carbocycles. The first-order valence-corrected chi connectivity index (χ1v) is 9.75. The van der Waals surface area contributed by atoms with Gasteiger partial charge >= 0.3 is 5.97 Å². The van der Waals surface area contributed by atoms with E-state index in [0.717, 1.165) is 20.9 Å². The van der Waals surface area contributed by atoms with Crippen LogP contribution in [0.1, 0.15) is 12.5 Å². The van der Waals surface area contributed by atoms with Crippen molar-refractivity contribution in [1.29, 1.82) is 0 Å². The van der Waals surface area contributed by atoms with Crippen LogP contribution in [0.3, 0.4) is 0 Å². The van der Waals surface area contributed by atoms with E-state index in [2.05, 4.69) is 26.2 Å². The van der Waals surface area contributed by atoms with Crippen molar-refractivity contribution < 1.29 is 19.1 Å². The molecule has 146 valence electrons. The molecule has 1 heterocycles. The van der Waals surface area contributed by atoms with Gasteiger partial charge in [-0.2, -0.15) is 0 Å². The fourth-order valence-electron chi connectivity index (χ4n) is 2.87. The Kier molecular flexibility index (Phi) is 6.71. The SMILES string of the molecule is CCOC(=O)[C@@H](Cc1c[nH]c2ccccc12)NC(=O)COc1ccc(Br)cc1. The van der Waals surface area contributed by atoms with Crippen LogP contribution in [0.4, 0.5) is 0 Å². The molecule has 2 N–H and O–H groups in total. The van der Waals surface area contributed by atoms with Crippen LogP contribution in [0.15, 0.2) is 59.2 Å². The lowest BCUT2D eigenvalue weighted by Crippen LogP contribution is -2.45. The van der Waals surface area contributed by atoms with Gasteiger partial charge in [0, 0.05) is 28.0 Å². The topological polar surface area (TPSA) is 80.4 Å². The number of hydrogen-bond donors (Lipinski definition) is 2. The van der Waals surface area contributed by atoms with Gasteiger partial charge in [-0.1, -0.05) is 34.1 Å². The predicted octanol–water partition coefficient (Wildman–Crippen LogP) is 3.60. The third kappa shape index (κ3) is 5.13. The molecule has 1 amide bonds. The fourth-order valence-corrected chi connectivity index (χ4v) is 3.14. The van der Waals surface area contributed by atoms with Gasteiger partial charge < -0.3 is 19.8 Å². The quantitative estimate of drug-likeness (QED) is 0.520. The number of hydrogen-bond acceptors (Lipinski definition) is 4. The summed E-state index contributed by atoms with van der Waals surface area (Å²) in [6.45, 7) is 1.79. The van der Waals surface area contributed by atoms with Gasteiger partial charge in [0.25, 0.3) is 5.91 Å². The van der Waals surface area contributed by atoms with E-state index in [9.17, 15) is 9.59 Å². The van der Waals surface area contributed by atoms with E-state index in [-0.39, 0.29) is 19.1 Å². The monoisotopic (exact) mass is 444 g/mol. The second-order valence-corrected chi connectivity index (χ2v) is 7.09. The van der Waals surface area contributed by atoms with Gasteiger partial charge in [0.2, 0.25) is 0 Å². The minimum atomic E-state index is -0.792. The van der Waals surface area contributed by atoms with E-state index in [1.54, 1.807) is 19.1 Å². The average Bonchev–Trinajstić information content (AvgIpc) is 3.10. The molecular weight excluding hydrogens is 424 g/mol. The normalized spacial score (nSPS) is 11.8. The lowest BCUT2D eigenvalue weighted by atomic mass is 10.0. The Morgan fingerprint density at radius 1 is 1.14 bits per heavy atom. The standard InChI is InChI=1S/C21H21BrN2O4/c1-2-27-21(26)19(11-14-12-23-18-6-4-3-5-17(14)18)24-20(25)13-28-16-9-7-15(22)8-10-16/h3-10,12,19,23H,2,11,13H2,1H3,(H,24,25)/t19-/m1/s1. The average molecular weight is 445 g/mol. The number of nitrogens with one attached hydrogen (secondary N) is 2. The maximum Gasteiger partial charge on any atom is 0.328 e. The number of para-hydroxylation sites is 1. The number of aromatic amines is 1. The summed E-state index contributed by atoms with van der Waals surface area (Å²) < 4.78 is 11.5. The Morgan fingerprint density at radius 3 is 2.64 bits per heavy atom. The van der Waals surface area contributed by atoms with Gasteiger partial charge in [0.15, 0.2) is 6.61 Å². The largest absolute Gasteiger partial charge is 0.484 e. The molecule has 0 saturated heterocycles. The Hall–Kier alpha value is -2.80. The first-order valence-electron chi connectivity index (χ1n) is 8.96. The number of ether oxygens (including phenoxy) is 2. The minimum absolute atomic E-state index is 0.189. The molecule has 0 fully saturated rings. The van der Waals surface area contributed by atoms with Crippen LogP contribution < -0.4 is 10.1 Å². The number of aromatic nitrogens is 1. The smallest absolute Gasteiger partial charge is 0.328 e. The van der Waals surface area contributed by atoms with Gasteiger partial charge in [-0.3, -0.25) is 4.79 Å². The van der Waals surface area contributed by atoms with Gasteiger partial charge in [0.1, 0.15) is 11.8 Å². The highest BCUT2D eigenvalue weighted by Gasteiger charge is 2.24. The number of halogens is 1. The number of esters is 1. The molecule has 2 aromatic carbocycles. The van der Waals surface area contributed by atoms with Gasteiger partial charge in [-0.25, -0.2) is 4.79 Å². The van der Waals surface area contributed by atoms with Gasteiger partial charge in [-0.05, 0) is 42.8 Å². The van der Waals surface area contributed by atoms with E-state index in [1.807, 2.05) is 42.6 Å². The third-order valence-electron chi connectivity index (χ3n) is 4.19. The maximum atomic E-state index is 12.4. The summed E-state index contributed by atoms with van der Waals surface area (Å²) in [5, 5.41) is 3.74. The maximum absolute atomic E-state index is 12.4. The van der Waals surface area contributed by atoms with Crippen molar-refractivity contribution >= 4 is 38.7 Å². The van der Waals surface area contributed by atoms with Crippen molar-refractivity contribution in [3.63, 3.8) is 0 Å². The summed E-state index contributed by atoms with van der Waals surface area (Å²) in [5.41, 5.74) is 1.91. The fraction of sp³-hybridized carbons (Fsp3) is 0.238. The third-order valence-corrected chi connectivity index (χ3v) is 4.72. The molecule has 3 rings (SSSR count). The number of rotatable bonds is 8. The Balaban J connectivity index is 1.66. The lowest BCUT2D eigenvalue weighted by molar-refractivity contribution is -0.147. The van der Waals surface area contributed by atoms with Crippen LogP contribution in [0, 0.1) is 0 Å². The highest BCUT2D eigenvalue weighted by Crippen LogP contribution is 2.19. The number of H-pyrrole nitrogens is 1. The molecule has 28 heavy (non-hydrogen) atoms. The highest BCUT2D eigenvalue weighted by atomic mass is 79.9. The van der Waals surface area contributed by atoms with E-state index in [0.29, 0.717) is 12.2 Å². The Bertz CT molecular complexity index is 952. The van der Waals surface area contributed by atoms with Crippen LogP contribution in [0.5, 0.6) is 5.75 Å². The molecule has 0 radical (unpaired) electrons. The molecule has 0 aliphatic carbocycles. The van der Waals surface area contributed by atoms with Crippen molar-refractivity contribution in [3.05, 3.63) is 64.8 Å². The zero-order valence-corrected chi connectivity index (χ0v) is 17.0. The molecule has 0 aliphatic heterocycles. The molecular formula is C21H21BrN2O4. The number of benzene rings is 2. The summed E-state index contributed by atoms with van der Waals surface area (Å²) in [6.07, 6.45) is 2.17. The highest BCUT2D eigenvalue weighted by molar-refractivity contribution is 9.10. The number of fused-ring (bicyclic) bond motifs is 1. The zero-order chi connectivity index (χ0) is 19.9. The van der Waals surface area contributed by atoms with E-state index >= 15 is 0 Å². The second kappa shape index (κ2) is 9.41. The van der Waals surface area contributed by atoms with Gasteiger partial charge in [0.05, 0.1) is 6.61 Å². The number of carbonyl (C=O) groups excluding carboxylic acids is 2. The summed E-state index contributed by atoms with van der Waals surface area (Å²) in [6, 6.07) is 14.2. The van der Waals surface area contributed by atoms with Crippen molar-refractivity contribution in [2.75, 3.05) is 13.2 Å². The van der Waals surface area contributed by atoms with E-state index in [4.69, 9.17) is 9.47 Å². The summed E-state index contributed by atoms with van der Waals surface area (Å²) in [7, 11) is 0. The van der Waals surface area contributed by atoms with Crippen LogP contribution in [-0.2, 0) is 20.7 Å². The van der Waals surface area contributed by atoms with Crippen molar-refractivity contribution in [1.82, 2.24) is 10.3 Å². The van der Waals surface area contributed by atoms with Crippen LogP contribution >= 0.6 is 15.9 Å². The molecule has 0 spiro atoms. The van der Waals surface area contributed by atoms with Crippen molar-refractivity contribution in [3.8, 4) is 5.75 Å². The minimum Gasteiger partial charge on any atom is -0.484 e. The predicted molar refractivity (Wildman–Crippen MR) is 110 cm³/mol. The second-order valence-electron chi connectivity index (χ2n) is 6.18. The first-order chi connectivity index (χ1) is 13.6. The lowest BCUT2D eigenvalue weighted by Gasteiger charge is -2.17. The molecule has 6 nitrogen and oxygen atoms in total. The van der Waals surface area contributed by atoms with E-state index in [1.165, 1.54) is 0 Å². The van der Waals surface area contributed by atoms with Crippen molar-refractivity contribution in [2.45, 2.75) is 19.4 Å². The molecule has 7 heteroatoms. The molecule has 0 bridgehead atoms. The van der Waals surface area contributed by atoms with Gasteiger partial charge in [-0.15, -0.1) is 0 Å². The van der Waals surface area contributed by atoms with Crippen LogP contribution in [0.2, 0.25) is 0 Å². The molecule has 1 aromatic heterocycles. The van der Waals surface area contributed by atoms with Crippen molar-refractivity contribution in [2.24, 2.45) is 0 Å². The molecule has 0 aliphatic rings. The molecule has 0 unspecified atom stereocenters.